The van der Waals surface area contributed by atoms with Gasteiger partial charge in [0.15, 0.2) is 11.3 Å². The van der Waals surface area contributed by atoms with Gasteiger partial charge in [-0.3, -0.25) is 4.79 Å². The summed E-state index contributed by atoms with van der Waals surface area (Å²) in [6.07, 6.45) is 0.717. The first kappa shape index (κ1) is 18.5. The van der Waals surface area contributed by atoms with Gasteiger partial charge in [-0.1, -0.05) is 25.1 Å². The molecule has 10 nitrogen and oxygen atoms in total. The van der Waals surface area contributed by atoms with Gasteiger partial charge in [0.05, 0.1) is 12.6 Å². The number of benzene rings is 1. The van der Waals surface area contributed by atoms with Crippen LogP contribution >= 0.6 is 0 Å². The lowest BCUT2D eigenvalue weighted by Gasteiger charge is -2.15. The van der Waals surface area contributed by atoms with Crippen LogP contribution in [0.4, 0.5) is 11.8 Å². The van der Waals surface area contributed by atoms with Gasteiger partial charge in [0, 0.05) is 19.0 Å². The quantitative estimate of drug-likeness (QED) is 0.342. The van der Waals surface area contributed by atoms with E-state index in [2.05, 4.69) is 36.0 Å². The number of carbonyl (C=O) groups is 1. The smallest absolute Gasteiger partial charge is 0.308 e. The van der Waals surface area contributed by atoms with Gasteiger partial charge in [-0.25, -0.2) is 0 Å². The number of rotatable bonds is 8. The number of anilines is 2. The molecule has 3 aromatic rings. The minimum atomic E-state index is -0.385. The van der Waals surface area contributed by atoms with Crippen LogP contribution in [0.2, 0.25) is 0 Å². The fraction of sp³-hybridized carbons (Fsp3) is 0.353. The zero-order valence-corrected chi connectivity index (χ0v) is 15.1. The van der Waals surface area contributed by atoms with Crippen LogP contribution in [0.15, 0.2) is 24.3 Å². The molecule has 1 aromatic carbocycles. The van der Waals surface area contributed by atoms with Gasteiger partial charge in [0.25, 0.3) is 0 Å². The number of aromatic nitrogens is 5. The lowest BCUT2D eigenvalue weighted by molar-refractivity contribution is -0.131. The summed E-state index contributed by atoms with van der Waals surface area (Å²) in [7, 11) is 0. The molecule has 0 bridgehead atoms. The van der Waals surface area contributed by atoms with Crippen LogP contribution in [0.5, 0.6) is 5.75 Å². The minimum absolute atomic E-state index is 0.0325. The number of esters is 1. The van der Waals surface area contributed by atoms with Crippen molar-refractivity contribution in [3.63, 3.8) is 0 Å². The molecule has 0 saturated heterocycles. The first-order valence-corrected chi connectivity index (χ1v) is 8.56. The maximum atomic E-state index is 11.3. The monoisotopic (exact) mass is 371 g/mol. The van der Waals surface area contributed by atoms with E-state index in [-0.39, 0.29) is 18.6 Å². The molecular formula is C17H21N7O3. The third-order valence-electron chi connectivity index (χ3n) is 3.90. The summed E-state index contributed by atoms with van der Waals surface area (Å²) < 4.78 is 5.23. The Kier molecular flexibility index (Phi) is 5.77. The highest BCUT2D eigenvalue weighted by Gasteiger charge is 2.14. The van der Waals surface area contributed by atoms with Crippen molar-refractivity contribution < 1.29 is 14.6 Å². The molecule has 0 saturated carbocycles. The van der Waals surface area contributed by atoms with Crippen molar-refractivity contribution in [2.75, 3.05) is 17.2 Å². The van der Waals surface area contributed by atoms with E-state index in [1.54, 1.807) is 12.1 Å². The molecule has 1 atom stereocenters. The van der Waals surface area contributed by atoms with Crippen LogP contribution < -0.4 is 15.4 Å². The first-order chi connectivity index (χ1) is 13.1. The lowest BCUT2D eigenvalue weighted by Crippen LogP contribution is -2.24. The largest absolute Gasteiger partial charge is 0.426 e. The number of hydrogen-bond acceptors (Lipinski definition) is 9. The number of H-pyrrole nitrogens is 1. The Hall–Kier alpha value is -3.27. The second-order valence-corrected chi connectivity index (χ2v) is 5.88. The molecule has 0 fully saturated rings. The molecule has 0 spiro atoms. The predicted octanol–water partition coefficient (Wildman–Crippen LogP) is 1.47. The molecule has 0 aliphatic carbocycles. The third-order valence-corrected chi connectivity index (χ3v) is 3.90. The Bertz CT molecular complexity index is 924. The van der Waals surface area contributed by atoms with Crippen LogP contribution in [-0.4, -0.2) is 49.1 Å². The molecule has 4 N–H and O–H groups in total. The van der Waals surface area contributed by atoms with E-state index in [1.165, 1.54) is 6.92 Å². The Morgan fingerprint density at radius 1 is 1.30 bits per heavy atom. The van der Waals surface area contributed by atoms with Crippen molar-refractivity contribution in [1.29, 1.82) is 0 Å². The van der Waals surface area contributed by atoms with Crippen LogP contribution in [-0.2, 0) is 11.3 Å². The number of nitrogens with zero attached hydrogens (tertiary/aromatic N) is 4. The number of carbonyl (C=O) groups excluding carboxylic acids is 1. The number of aromatic amines is 1. The fourth-order valence-corrected chi connectivity index (χ4v) is 2.48. The summed E-state index contributed by atoms with van der Waals surface area (Å²) in [5.74, 6) is 0.909. The summed E-state index contributed by atoms with van der Waals surface area (Å²) in [5, 5.41) is 26.3. The molecule has 142 valence electrons. The van der Waals surface area contributed by atoms with E-state index >= 15 is 0 Å². The van der Waals surface area contributed by atoms with Crippen molar-refractivity contribution in [2.45, 2.75) is 32.9 Å². The highest BCUT2D eigenvalue weighted by molar-refractivity contribution is 5.83. The second kappa shape index (κ2) is 8.41. The average Bonchev–Trinajstić information content (AvgIpc) is 3.13. The Balaban J connectivity index is 1.84. The number of hydrogen-bond donors (Lipinski definition) is 4. The summed E-state index contributed by atoms with van der Waals surface area (Å²) >= 11 is 0. The van der Waals surface area contributed by atoms with Crippen LogP contribution in [0.25, 0.3) is 11.2 Å². The van der Waals surface area contributed by atoms with Gasteiger partial charge in [0.1, 0.15) is 5.75 Å². The average molecular weight is 371 g/mol. The third kappa shape index (κ3) is 4.47. The highest BCUT2D eigenvalue weighted by Crippen LogP contribution is 2.22. The molecule has 2 aromatic heterocycles. The van der Waals surface area contributed by atoms with Crippen molar-refractivity contribution in [3.05, 3.63) is 29.8 Å². The van der Waals surface area contributed by atoms with E-state index in [9.17, 15) is 9.90 Å². The van der Waals surface area contributed by atoms with Crippen LogP contribution in [0.3, 0.4) is 0 Å². The van der Waals surface area contributed by atoms with Crippen LogP contribution in [0.1, 0.15) is 25.8 Å². The summed E-state index contributed by atoms with van der Waals surface area (Å²) in [4.78, 5) is 20.0. The van der Waals surface area contributed by atoms with E-state index in [0.717, 1.165) is 12.0 Å². The van der Waals surface area contributed by atoms with Crippen molar-refractivity contribution in [3.8, 4) is 5.75 Å². The zero-order chi connectivity index (χ0) is 19.2. The van der Waals surface area contributed by atoms with Crippen molar-refractivity contribution in [1.82, 2.24) is 25.4 Å². The highest BCUT2D eigenvalue weighted by atomic mass is 16.5. The Labute approximate surface area is 155 Å². The summed E-state index contributed by atoms with van der Waals surface area (Å²) in [6.45, 7) is 3.64. The number of aliphatic hydroxyl groups excluding tert-OH is 1. The fourth-order valence-electron chi connectivity index (χ4n) is 2.48. The predicted molar refractivity (Wildman–Crippen MR) is 99.3 cm³/mol. The van der Waals surface area contributed by atoms with Gasteiger partial charge in [-0.15, -0.1) is 5.10 Å². The zero-order valence-electron chi connectivity index (χ0n) is 15.1. The van der Waals surface area contributed by atoms with E-state index in [1.807, 2.05) is 19.1 Å². The number of aliphatic hydroxyl groups is 1. The molecule has 0 amide bonds. The molecule has 1 unspecified atom stereocenters. The topological polar surface area (TPSA) is 138 Å². The standard InChI is InChI=1S/C17H21N7O3/c1-3-12(9-25)19-17-20-15(14-16(21-17)23-24-22-14)18-8-11-6-4-5-7-13(11)27-10(2)26/h4-7,12,25H,3,8-9H2,1-2H3,(H3,18,19,20,21,22,23,24). The molecule has 10 heteroatoms. The van der Waals surface area contributed by atoms with E-state index in [0.29, 0.717) is 35.2 Å². The van der Waals surface area contributed by atoms with Gasteiger partial charge in [-0.05, 0) is 12.5 Å². The second-order valence-electron chi connectivity index (χ2n) is 5.88. The summed E-state index contributed by atoms with van der Waals surface area (Å²) in [5.41, 5.74) is 1.68. The maximum Gasteiger partial charge on any atom is 0.308 e. The number of fused-ring (bicyclic) bond motifs is 1. The lowest BCUT2D eigenvalue weighted by atomic mass is 10.2. The van der Waals surface area contributed by atoms with E-state index in [4.69, 9.17) is 4.74 Å². The molecule has 0 radical (unpaired) electrons. The molecule has 2 heterocycles. The minimum Gasteiger partial charge on any atom is -0.426 e. The van der Waals surface area contributed by atoms with E-state index < -0.39 is 0 Å². The van der Waals surface area contributed by atoms with Crippen molar-refractivity contribution >= 4 is 28.9 Å². The Morgan fingerprint density at radius 3 is 2.85 bits per heavy atom. The van der Waals surface area contributed by atoms with Crippen LogP contribution in [0, 0.1) is 0 Å². The number of nitrogens with one attached hydrogen (secondary N) is 3. The maximum absolute atomic E-state index is 11.3. The summed E-state index contributed by atoms with van der Waals surface area (Å²) in [6, 6.07) is 7.07. The number of para-hydroxylation sites is 1. The van der Waals surface area contributed by atoms with Gasteiger partial charge in [-0.2, -0.15) is 20.3 Å². The number of ether oxygens (including phenoxy) is 1. The molecule has 3 rings (SSSR count). The molecule has 0 aliphatic rings. The normalized spacial score (nSPS) is 12.0. The SMILES string of the molecule is CCC(CO)Nc1nc(NCc2ccccc2OC(C)=O)c2n[nH]nc2n1. The molecule has 0 aliphatic heterocycles. The van der Waals surface area contributed by atoms with Gasteiger partial charge in [0.2, 0.25) is 11.6 Å². The molecule has 27 heavy (non-hydrogen) atoms. The molecular weight excluding hydrogens is 350 g/mol. The van der Waals surface area contributed by atoms with Gasteiger partial charge < -0.3 is 20.5 Å². The van der Waals surface area contributed by atoms with Crippen molar-refractivity contribution in [2.24, 2.45) is 0 Å². The Morgan fingerprint density at radius 2 is 2.11 bits per heavy atom. The first-order valence-electron chi connectivity index (χ1n) is 8.56. The van der Waals surface area contributed by atoms with Gasteiger partial charge >= 0.3 is 5.97 Å².